The van der Waals surface area contributed by atoms with Crippen molar-refractivity contribution in [1.82, 2.24) is 14.8 Å². The molecule has 1 amide bonds. The monoisotopic (exact) mass is 562 g/mol. The second-order valence-electron chi connectivity index (χ2n) is 9.14. The summed E-state index contributed by atoms with van der Waals surface area (Å²) in [7, 11) is -1.91. The highest BCUT2D eigenvalue weighted by atomic mass is 32.2. The van der Waals surface area contributed by atoms with Gasteiger partial charge in [0.15, 0.2) is 15.0 Å². The molecule has 2 heterocycles. The summed E-state index contributed by atoms with van der Waals surface area (Å²) in [4.78, 5) is 26.8. The molecular formula is C25H30N4O5S3. The molecule has 0 fully saturated rings. The van der Waals surface area contributed by atoms with Crippen LogP contribution in [0, 0.1) is 12.8 Å². The molecule has 1 atom stereocenters. The number of benzene rings is 1. The van der Waals surface area contributed by atoms with Gasteiger partial charge in [-0.2, -0.15) is 0 Å². The van der Waals surface area contributed by atoms with E-state index in [9.17, 15) is 18.0 Å². The second-order valence-corrected chi connectivity index (χ2v) is 13.2. The molecule has 0 radical (unpaired) electrons. The summed E-state index contributed by atoms with van der Waals surface area (Å²) in [6, 6.07) is 6.66. The Morgan fingerprint density at radius 2 is 1.97 bits per heavy atom. The first kappa shape index (κ1) is 27.3. The number of amides is 1. The molecule has 1 aromatic carbocycles. The Kier molecular flexibility index (Phi) is 8.39. The lowest BCUT2D eigenvalue weighted by Gasteiger charge is -2.18. The zero-order chi connectivity index (χ0) is 26.7. The van der Waals surface area contributed by atoms with Crippen LogP contribution in [-0.4, -0.2) is 47.4 Å². The third-order valence-corrected chi connectivity index (χ3v) is 10.0. The first-order valence-electron chi connectivity index (χ1n) is 12.0. The Labute approximate surface area is 224 Å². The van der Waals surface area contributed by atoms with Gasteiger partial charge in [0.2, 0.25) is 5.91 Å². The van der Waals surface area contributed by atoms with E-state index in [1.807, 2.05) is 6.92 Å². The van der Waals surface area contributed by atoms with Crippen LogP contribution in [0.5, 0.6) is 0 Å². The maximum atomic E-state index is 12.8. The van der Waals surface area contributed by atoms with E-state index >= 15 is 0 Å². The number of hydrogen-bond donors (Lipinski definition) is 1. The molecule has 198 valence electrons. The summed E-state index contributed by atoms with van der Waals surface area (Å²) in [5.41, 5.74) is 2.42. The summed E-state index contributed by atoms with van der Waals surface area (Å²) >= 11 is 2.59. The third-order valence-electron chi connectivity index (χ3n) is 6.20. The topological polar surface area (TPSA) is 120 Å². The molecule has 12 heteroatoms. The minimum atomic E-state index is -3.59. The summed E-state index contributed by atoms with van der Waals surface area (Å²) in [5, 5.41) is 11.9. The highest BCUT2D eigenvalue weighted by molar-refractivity contribution is 7.99. The number of hydrogen-bond acceptors (Lipinski definition) is 9. The van der Waals surface area contributed by atoms with Gasteiger partial charge in [-0.05, 0) is 56.7 Å². The molecule has 37 heavy (non-hydrogen) atoms. The SMILES string of the molecule is CCOC(=O)c1c(NC(=O)CSc2nnc(CS(=O)(=O)c3ccc(C)cc3)n2C)sc2c1CCC(C)C2. The van der Waals surface area contributed by atoms with Gasteiger partial charge in [-0.3, -0.25) is 4.79 Å². The van der Waals surface area contributed by atoms with Gasteiger partial charge in [0.05, 0.1) is 22.8 Å². The summed E-state index contributed by atoms with van der Waals surface area (Å²) in [5.74, 6) is -0.163. The predicted octanol–water partition coefficient (Wildman–Crippen LogP) is 4.19. The number of carbonyl (C=O) groups excluding carboxylic acids is 2. The number of ether oxygens (including phenoxy) is 1. The van der Waals surface area contributed by atoms with Crippen molar-refractivity contribution in [2.24, 2.45) is 13.0 Å². The number of aryl methyl sites for hydroxylation is 1. The van der Waals surface area contributed by atoms with Gasteiger partial charge in [-0.15, -0.1) is 21.5 Å². The van der Waals surface area contributed by atoms with Crippen molar-refractivity contribution in [2.45, 2.75) is 55.8 Å². The Bertz CT molecular complexity index is 1410. The van der Waals surface area contributed by atoms with E-state index in [0.717, 1.165) is 47.0 Å². The van der Waals surface area contributed by atoms with Gasteiger partial charge in [0, 0.05) is 11.9 Å². The van der Waals surface area contributed by atoms with Crippen molar-refractivity contribution in [3.05, 3.63) is 51.7 Å². The lowest BCUT2D eigenvalue weighted by Crippen LogP contribution is -2.18. The minimum Gasteiger partial charge on any atom is -0.462 e. The lowest BCUT2D eigenvalue weighted by atomic mass is 9.88. The van der Waals surface area contributed by atoms with E-state index in [2.05, 4.69) is 22.4 Å². The number of fused-ring (bicyclic) bond motifs is 1. The van der Waals surface area contributed by atoms with Crippen molar-refractivity contribution in [3.63, 3.8) is 0 Å². The van der Waals surface area contributed by atoms with E-state index in [4.69, 9.17) is 4.74 Å². The third kappa shape index (κ3) is 6.24. The van der Waals surface area contributed by atoms with Crippen LogP contribution in [0.1, 0.15) is 52.5 Å². The van der Waals surface area contributed by atoms with Crippen LogP contribution in [-0.2, 0) is 45.0 Å². The number of thiophene rings is 1. The molecule has 4 rings (SSSR count). The quantitative estimate of drug-likeness (QED) is 0.305. The number of rotatable bonds is 9. The van der Waals surface area contributed by atoms with E-state index in [0.29, 0.717) is 21.6 Å². The van der Waals surface area contributed by atoms with Crippen molar-refractivity contribution in [1.29, 1.82) is 0 Å². The van der Waals surface area contributed by atoms with E-state index < -0.39 is 15.8 Å². The molecule has 1 aliphatic carbocycles. The largest absolute Gasteiger partial charge is 0.462 e. The average molecular weight is 563 g/mol. The smallest absolute Gasteiger partial charge is 0.341 e. The van der Waals surface area contributed by atoms with Crippen LogP contribution >= 0.6 is 23.1 Å². The van der Waals surface area contributed by atoms with Crippen LogP contribution in [0.4, 0.5) is 5.00 Å². The number of aromatic nitrogens is 3. The van der Waals surface area contributed by atoms with E-state index in [-0.39, 0.29) is 34.7 Å². The van der Waals surface area contributed by atoms with Crippen molar-refractivity contribution in [2.75, 3.05) is 17.7 Å². The number of esters is 1. The van der Waals surface area contributed by atoms with Crippen LogP contribution in [0.2, 0.25) is 0 Å². The van der Waals surface area contributed by atoms with Gasteiger partial charge in [-0.25, -0.2) is 13.2 Å². The lowest BCUT2D eigenvalue weighted by molar-refractivity contribution is -0.113. The standard InChI is InChI=1S/C25H30N4O5S3/c1-5-34-24(31)22-18-11-8-16(3)12-19(18)36-23(22)26-21(30)13-35-25-28-27-20(29(25)4)14-37(32,33)17-9-6-15(2)7-10-17/h6-7,9-10,16H,5,8,11-14H2,1-4H3,(H,26,30). The van der Waals surface area contributed by atoms with Crippen molar-refractivity contribution < 1.29 is 22.7 Å². The zero-order valence-corrected chi connectivity index (χ0v) is 23.7. The fraction of sp³-hybridized carbons (Fsp3) is 0.440. The number of sulfone groups is 1. The van der Waals surface area contributed by atoms with Gasteiger partial charge in [0.25, 0.3) is 0 Å². The molecule has 2 aromatic heterocycles. The molecule has 1 N–H and O–H groups in total. The van der Waals surface area contributed by atoms with Gasteiger partial charge in [-0.1, -0.05) is 36.4 Å². The molecule has 0 bridgehead atoms. The summed E-state index contributed by atoms with van der Waals surface area (Å²) < 4.78 is 32.4. The van der Waals surface area contributed by atoms with Crippen molar-refractivity contribution >= 4 is 49.8 Å². The van der Waals surface area contributed by atoms with Crippen LogP contribution < -0.4 is 5.32 Å². The first-order valence-corrected chi connectivity index (χ1v) is 15.5. The molecule has 3 aromatic rings. The molecule has 9 nitrogen and oxygen atoms in total. The normalized spacial score (nSPS) is 15.3. The Hall–Kier alpha value is -2.70. The van der Waals surface area contributed by atoms with Gasteiger partial charge < -0.3 is 14.6 Å². The molecular weight excluding hydrogens is 532 g/mol. The second kappa shape index (κ2) is 11.4. The number of thioether (sulfide) groups is 1. The molecule has 0 spiro atoms. The maximum Gasteiger partial charge on any atom is 0.341 e. The van der Waals surface area contributed by atoms with Gasteiger partial charge >= 0.3 is 5.97 Å². The molecule has 1 unspecified atom stereocenters. The highest BCUT2D eigenvalue weighted by Crippen LogP contribution is 2.40. The highest BCUT2D eigenvalue weighted by Gasteiger charge is 2.29. The zero-order valence-electron chi connectivity index (χ0n) is 21.2. The van der Waals surface area contributed by atoms with Gasteiger partial charge in [0.1, 0.15) is 16.6 Å². The number of carbonyl (C=O) groups is 2. The maximum absolute atomic E-state index is 12.8. The van der Waals surface area contributed by atoms with Crippen LogP contribution in [0.3, 0.4) is 0 Å². The Morgan fingerprint density at radius 3 is 2.68 bits per heavy atom. The number of nitrogens with zero attached hydrogens (tertiary/aromatic N) is 3. The minimum absolute atomic E-state index is 0.0257. The summed E-state index contributed by atoms with van der Waals surface area (Å²) in [6.07, 6.45) is 2.66. The van der Waals surface area contributed by atoms with Crippen molar-refractivity contribution in [3.8, 4) is 0 Å². The van der Waals surface area contributed by atoms with E-state index in [1.165, 1.54) is 11.3 Å². The van der Waals surface area contributed by atoms with Crippen LogP contribution in [0.25, 0.3) is 0 Å². The Balaban J connectivity index is 1.43. The molecule has 0 saturated heterocycles. The van der Waals surface area contributed by atoms with Crippen LogP contribution in [0.15, 0.2) is 34.3 Å². The predicted molar refractivity (Wildman–Crippen MR) is 144 cm³/mol. The molecule has 0 aliphatic heterocycles. The fourth-order valence-electron chi connectivity index (χ4n) is 4.15. The Morgan fingerprint density at radius 1 is 1.24 bits per heavy atom. The van der Waals surface area contributed by atoms with E-state index in [1.54, 1.807) is 42.8 Å². The molecule has 1 aliphatic rings. The molecule has 0 saturated carbocycles. The average Bonchev–Trinajstić information content (AvgIpc) is 3.36. The first-order chi connectivity index (χ1) is 17.6. The summed E-state index contributed by atoms with van der Waals surface area (Å²) in [6.45, 7) is 6.10. The number of nitrogens with one attached hydrogen (secondary N) is 1. The fourth-order valence-corrected chi connectivity index (χ4v) is 7.60. The number of anilines is 1.